The summed E-state index contributed by atoms with van der Waals surface area (Å²) < 4.78 is 46.2. The van der Waals surface area contributed by atoms with E-state index in [1.54, 1.807) is 6.07 Å². The fraction of sp³-hybridized carbons (Fsp3) is 0.423. The first-order valence-electron chi connectivity index (χ1n) is 11.7. The molecule has 1 aliphatic rings. The zero-order valence-corrected chi connectivity index (χ0v) is 19.7. The van der Waals surface area contributed by atoms with E-state index in [4.69, 9.17) is 9.63 Å². The van der Waals surface area contributed by atoms with Crippen molar-refractivity contribution in [3.8, 4) is 22.8 Å². The second-order valence-corrected chi connectivity index (χ2v) is 9.48. The smallest absolute Gasteiger partial charge is 0.416 e. The molecule has 1 saturated heterocycles. The zero-order valence-electron chi connectivity index (χ0n) is 19.7. The number of aliphatic carboxylic acids is 1. The molecule has 0 amide bonds. The van der Waals surface area contributed by atoms with Gasteiger partial charge in [-0.1, -0.05) is 43.3 Å². The molecule has 0 atom stereocenters. The van der Waals surface area contributed by atoms with Crippen LogP contribution in [-0.4, -0.2) is 39.2 Å². The minimum Gasteiger partial charge on any atom is -0.481 e. The monoisotopic (exact) mass is 487 g/mol. The Kier molecular flexibility index (Phi) is 7.25. The second-order valence-electron chi connectivity index (χ2n) is 9.48. The van der Waals surface area contributed by atoms with E-state index in [2.05, 4.69) is 15.0 Å². The average molecular weight is 488 g/mol. The minimum atomic E-state index is -4.47. The Morgan fingerprint density at radius 3 is 2.37 bits per heavy atom. The van der Waals surface area contributed by atoms with Gasteiger partial charge in [-0.05, 0) is 67.6 Å². The Hall–Kier alpha value is -3.20. The first-order valence-corrected chi connectivity index (χ1v) is 11.7. The summed E-state index contributed by atoms with van der Waals surface area (Å²) in [5.74, 6) is -0.563. The standard InChI is InChI=1S/C26H28F3N3O3/c1-16(2)13-20-7-8-21(14-22(20)26(27,28)29)23-30-24(35-31-23)18-5-3-17(4-6-18)15-32-11-9-19(10-12-32)25(33)34/h3-8,14,16,19H,9-13,15H2,1-2H3,(H,33,34). The number of carboxylic acid groups (broad SMARTS) is 1. The van der Waals surface area contributed by atoms with Gasteiger partial charge in [0.2, 0.25) is 5.82 Å². The molecule has 2 aromatic carbocycles. The Morgan fingerprint density at radius 1 is 1.11 bits per heavy atom. The van der Waals surface area contributed by atoms with Gasteiger partial charge < -0.3 is 9.63 Å². The minimum absolute atomic E-state index is 0.0956. The zero-order chi connectivity index (χ0) is 25.2. The van der Waals surface area contributed by atoms with Crippen LogP contribution in [0.3, 0.4) is 0 Å². The average Bonchev–Trinajstić information content (AvgIpc) is 3.29. The van der Waals surface area contributed by atoms with Crippen LogP contribution in [0, 0.1) is 11.8 Å². The molecule has 1 N–H and O–H groups in total. The highest BCUT2D eigenvalue weighted by atomic mass is 19.4. The van der Waals surface area contributed by atoms with Crippen LogP contribution in [0.4, 0.5) is 13.2 Å². The highest BCUT2D eigenvalue weighted by molar-refractivity contribution is 5.70. The van der Waals surface area contributed by atoms with E-state index in [1.165, 1.54) is 6.07 Å². The number of carboxylic acids is 1. The molecule has 2 heterocycles. The van der Waals surface area contributed by atoms with Gasteiger partial charge in [0.1, 0.15) is 0 Å². The molecule has 3 aromatic rings. The number of halogens is 3. The van der Waals surface area contributed by atoms with Gasteiger partial charge in [0, 0.05) is 17.7 Å². The topological polar surface area (TPSA) is 79.5 Å². The summed E-state index contributed by atoms with van der Waals surface area (Å²) in [4.78, 5) is 17.7. The van der Waals surface area contributed by atoms with E-state index in [0.717, 1.165) is 24.7 Å². The molecule has 9 heteroatoms. The molecule has 1 aliphatic heterocycles. The van der Waals surface area contributed by atoms with Crippen LogP contribution in [0.2, 0.25) is 0 Å². The third-order valence-corrected chi connectivity index (χ3v) is 6.27. The van der Waals surface area contributed by atoms with Crippen molar-refractivity contribution in [2.24, 2.45) is 11.8 Å². The van der Waals surface area contributed by atoms with E-state index in [1.807, 2.05) is 38.1 Å². The Morgan fingerprint density at radius 2 is 1.77 bits per heavy atom. The third kappa shape index (κ3) is 6.08. The number of benzene rings is 2. The maximum absolute atomic E-state index is 13.6. The summed E-state index contributed by atoms with van der Waals surface area (Å²) in [5.41, 5.74) is 1.57. The normalized spacial score (nSPS) is 15.6. The molecule has 0 saturated carbocycles. The van der Waals surface area contributed by atoms with Crippen molar-refractivity contribution in [1.29, 1.82) is 0 Å². The predicted molar refractivity (Wildman–Crippen MR) is 124 cm³/mol. The van der Waals surface area contributed by atoms with E-state index in [-0.39, 0.29) is 34.7 Å². The van der Waals surface area contributed by atoms with E-state index >= 15 is 0 Å². The largest absolute Gasteiger partial charge is 0.481 e. The van der Waals surface area contributed by atoms with Crippen molar-refractivity contribution in [1.82, 2.24) is 15.0 Å². The second kappa shape index (κ2) is 10.2. The molecule has 0 unspecified atom stereocenters. The Labute approximate surface area is 201 Å². The summed E-state index contributed by atoms with van der Waals surface area (Å²) in [6.45, 7) is 5.95. The summed E-state index contributed by atoms with van der Waals surface area (Å²) in [5, 5.41) is 13.0. The molecule has 0 spiro atoms. The number of aromatic nitrogens is 2. The molecule has 0 radical (unpaired) electrons. The van der Waals surface area contributed by atoms with Crippen molar-refractivity contribution in [2.75, 3.05) is 13.1 Å². The van der Waals surface area contributed by atoms with Crippen LogP contribution < -0.4 is 0 Å². The van der Waals surface area contributed by atoms with Crippen LogP contribution in [0.1, 0.15) is 43.4 Å². The Balaban J connectivity index is 1.46. The lowest BCUT2D eigenvalue weighted by atomic mass is 9.95. The summed E-state index contributed by atoms with van der Waals surface area (Å²) in [6.07, 6.45) is -2.85. The maximum Gasteiger partial charge on any atom is 0.416 e. The molecule has 35 heavy (non-hydrogen) atoms. The van der Waals surface area contributed by atoms with Gasteiger partial charge in [-0.25, -0.2) is 0 Å². The van der Waals surface area contributed by atoms with Crippen LogP contribution >= 0.6 is 0 Å². The number of piperidine rings is 1. The summed E-state index contributed by atoms with van der Waals surface area (Å²) in [7, 11) is 0. The van der Waals surface area contributed by atoms with Crippen molar-refractivity contribution < 1.29 is 27.6 Å². The highest BCUT2D eigenvalue weighted by Gasteiger charge is 2.34. The quantitative estimate of drug-likeness (QED) is 0.446. The van der Waals surface area contributed by atoms with Gasteiger partial charge in [0.05, 0.1) is 11.5 Å². The van der Waals surface area contributed by atoms with E-state index in [0.29, 0.717) is 31.4 Å². The van der Waals surface area contributed by atoms with Crippen molar-refractivity contribution in [3.63, 3.8) is 0 Å². The third-order valence-electron chi connectivity index (χ3n) is 6.27. The molecule has 186 valence electrons. The molecule has 0 bridgehead atoms. The van der Waals surface area contributed by atoms with E-state index < -0.39 is 17.7 Å². The first kappa shape index (κ1) is 24.9. The molecule has 1 aromatic heterocycles. The van der Waals surface area contributed by atoms with Gasteiger partial charge in [0.25, 0.3) is 5.89 Å². The number of likely N-dealkylation sites (tertiary alicyclic amines) is 1. The number of carbonyl (C=O) groups is 1. The molecule has 0 aliphatic carbocycles. The fourth-order valence-corrected chi connectivity index (χ4v) is 4.40. The van der Waals surface area contributed by atoms with Crippen molar-refractivity contribution in [2.45, 2.75) is 45.8 Å². The van der Waals surface area contributed by atoms with Crippen LogP contribution in [0.5, 0.6) is 0 Å². The first-order chi connectivity index (χ1) is 16.6. The van der Waals surface area contributed by atoms with Gasteiger partial charge in [-0.15, -0.1) is 0 Å². The highest BCUT2D eigenvalue weighted by Crippen LogP contribution is 2.36. The van der Waals surface area contributed by atoms with Crippen LogP contribution in [-0.2, 0) is 23.9 Å². The molecular weight excluding hydrogens is 459 g/mol. The summed E-state index contributed by atoms with van der Waals surface area (Å²) >= 11 is 0. The van der Waals surface area contributed by atoms with Crippen LogP contribution in [0.15, 0.2) is 47.0 Å². The predicted octanol–water partition coefficient (Wildman–Crippen LogP) is 5.92. The number of alkyl halides is 3. The van der Waals surface area contributed by atoms with Crippen molar-refractivity contribution >= 4 is 5.97 Å². The van der Waals surface area contributed by atoms with Gasteiger partial charge in [-0.3, -0.25) is 9.69 Å². The lowest BCUT2D eigenvalue weighted by molar-refractivity contribution is -0.143. The molecule has 6 nitrogen and oxygen atoms in total. The lowest BCUT2D eigenvalue weighted by Crippen LogP contribution is -2.35. The van der Waals surface area contributed by atoms with Gasteiger partial charge >= 0.3 is 12.1 Å². The summed E-state index contributed by atoms with van der Waals surface area (Å²) in [6, 6.07) is 11.7. The Bertz CT molecular complexity index is 1160. The lowest BCUT2D eigenvalue weighted by Gasteiger charge is -2.30. The van der Waals surface area contributed by atoms with Crippen molar-refractivity contribution in [3.05, 3.63) is 59.2 Å². The van der Waals surface area contributed by atoms with Gasteiger partial charge in [0.15, 0.2) is 0 Å². The number of rotatable bonds is 7. The van der Waals surface area contributed by atoms with Gasteiger partial charge in [-0.2, -0.15) is 18.2 Å². The molecular formula is C26H28F3N3O3. The number of hydrogen-bond donors (Lipinski definition) is 1. The fourth-order valence-electron chi connectivity index (χ4n) is 4.40. The number of hydrogen-bond acceptors (Lipinski definition) is 5. The molecule has 1 fully saturated rings. The maximum atomic E-state index is 13.6. The van der Waals surface area contributed by atoms with Crippen LogP contribution in [0.25, 0.3) is 22.8 Å². The molecule has 4 rings (SSSR count). The SMILES string of the molecule is CC(C)Cc1ccc(-c2noc(-c3ccc(CN4CCC(C(=O)O)CC4)cc3)n2)cc1C(F)(F)F. The number of nitrogens with zero attached hydrogens (tertiary/aromatic N) is 3. The van der Waals surface area contributed by atoms with E-state index in [9.17, 15) is 18.0 Å².